The molecule has 0 aromatic rings. The van der Waals surface area contributed by atoms with Crippen LogP contribution in [-0.4, -0.2) is 76.4 Å². The van der Waals surface area contributed by atoms with Gasteiger partial charge in [0, 0.05) is 6.54 Å². The number of hydrogen-bond donors (Lipinski definition) is 4. The average molecular weight is 459 g/mol. The van der Waals surface area contributed by atoms with E-state index >= 15 is 0 Å². The summed E-state index contributed by atoms with van der Waals surface area (Å²) in [7, 11) is 0. The lowest BCUT2D eigenvalue weighted by molar-refractivity contribution is -0.145. The molecule has 1 fully saturated rings. The van der Waals surface area contributed by atoms with Gasteiger partial charge in [-0.15, -0.1) is 0 Å². The third-order valence-corrected chi connectivity index (χ3v) is 6.50. The third kappa shape index (κ3) is 7.68. The van der Waals surface area contributed by atoms with Gasteiger partial charge in [0.15, 0.2) is 0 Å². The number of carbonyl (C=O) groups excluding carboxylic acids is 3. The lowest BCUT2D eigenvalue weighted by atomic mass is 9.99. The molecule has 0 aromatic carbocycles. The summed E-state index contributed by atoms with van der Waals surface area (Å²) in [5.74, 6) is -1.93. The summed E-state index contributed by atoms with van der Waals surface area (Å²) in [5.41, 5.74) is 6.03. The van der Waals surface area contributed by atoms with Crippen LogP contribution in [0.5, 0.6) is 0 Å². The Morgan fingerprint density at radius 2 is 1.84 bits per heavy atom. The second-order valence-electron chi connectivity index (χ2n) is 8.51. The van der Waals surface area contributed by atoms with Crippen LogP contribution in [-0.2, 0) is 19.2 Å². The largest absolute Gasteiger partial charge is 0.480 e. The van der Waals surface area contributed by atoms with Crippen LogP contribution in [0.1, 0.15) is 53.4 Å². The summed E-state index contributed by atoms with van der Waals surface area (Å²) in [5, 5.41) is 14.7. The highest BCUT2D eigenvalue weighted by molar-refractivity contribution is 7.98. The maximum atomic E-state index is 13.3. The molecule has 178 valence electrons. The topological polar surface area (TPSA) is 142 Å². The smallest absolute Gasteiger partial charge is 0.326 e. The molecule has 1 aliphatic heterocycles. The quantitative estimate of drug-likeness (QED) is 0.339. The minimum absolute atomic E-state index is 0.0226. The van der Waals surface area contributed by atoms with E-state index in [4.69, 9.17) is 5.73 Å². The van der Waals surface area contributed by atoms with Crippen LogP contribution < -0.4 is 16.4 Å². The zero-order chi connectivity index (χ0) is 23.7. The fraction of sp³-hybridized carbons (Fsp3) is 0.810. The van der Waals surface area contributed by atoms with Gasteiger partial charge in [0.1, 0.15) is 18.1 Å². The van der Waals surface area contributed by atoms with Gasteiger partial charge in [-0.3, -0.25) is 14.4 Å². The second kappa shape index (κ2) is 12.9. The monoisotopic (exact) mass is 458 g/mol. The first-order valence-electron chi connectivity index (χ1n) is 10.9. The van der Waals surface area contributed by atoms with Gasteiger partial charge < -0.3 is 26.4 Å². The lowest BCUT2D eigenvalue weighted by Crippen LogP contribution is -2.57. The highest BCUT2D eigenvalue weighted by Crippen LogP contribution is 2.21. The van der Waals surface area contributed by atoms with E-state index in [9.17, 15) is 24.3 Å². The summed E-state index contributed by atoms with van der Waals surface area (Å²) < 4.78 is 0. The van der Waals surface area contributed by atoms with Gasteiger partial charge in [-0.1, -0.05) is 34.1 Å². The molecule has 1 heterocycles. The van der Waals surface area contributed by atoms with Crippen molar-refractivity contribution >= 4 is 35.5 Å². The van der Waals surface area contributed by atoms with Crippen molar-refractivity contribution in [2.24, 2.45) is 17.6 Å². The van der Waals surface area contributed by atoms with Crippen LogP contribution in [0, 0.1) is 11.8 Å². The predicted molar refractivity (Wildman–Crippen MR) is 121 cm³/mol. The van der Waals surface area contributed by atoms with Gasteiger partial charge in [-0.05, 0) is 43.1 Å². The van der Waals surface area contributed by atoms with Crippen LogP contribution in [0.15, 0.2) is 0 Å². The van der Waals surface area contributed by atoms with Crippen LogP contribution in [0.2, 0.25) is 0 Å². The minimum Gasteiger partial charge on any atom is -0.480 e. The fourth-order valence-corrected chi connectivity index (χ4v) is 4.01. The number of amides is 3. The number of nitrogens with zero attached hydrogens (tertiary/aromatic N) is 1. The maximum Gasteiger partial charge on any atom is 0.326 e. The molecule has 9 nitrogen and oxygen atoms in total. The number of nitrogens with two attached hydrogens (primary N) is 1. The van der Waals surface area contributed by atoms with Crippen LogP contribution in [0.3, 0.4) is 0 Å². The van der Waals surface area contributed by atoms with Crippen LogP contribution in [0.25, 0.3) is 0 Å². The average Bonchev–Trinajstić information content (AvgIpc) is 3.22. The summed E-state index contributed by atoms with van der Waals surface area (Å²) in [4.78, 5) is 51.6. The Balaban J connectivity index is 2.95. The molecular weight excluding hydrogens is 420 g/mol. The predicted octanol–water partition coefficient (Wildman–Crippen LogP) is 0.814. The Labute approximate surface area is 189 Å². The van der Waals surface area contributed by atoms with Crippen molar-refractivity contribution in [1.82, 2.24) is 15.5 Å². The zero-order valence-electron chi connectivity index (χ0n) is 19.2. The van der Waals surface area contributed by atoms with E-state index in [1.54, 1.807) is 25.6 Å². The summed E-state index contributed by atoms with van der Waals surface area (Å²) >= 11 is 1.56. The Bertz CT molecular complexity index is 645. The normalized spacial score (nSPS) is 20.1. The molecule has 0 aliphatic carbocycles. The van der Waals surface area contributed by atoms with Crippen molar-refractivity contribution in [3.8, 4) is 0 Å². The van der Waals surface area contributed by atoms with E-state index in [1.165, 1.54) is 4.90 Å². The number of carboxylic acid groups (broad SMARTS) is 1. The highest BCUT2D eigenvalue weighted by Gasteiger charge is 2.39. The first-order chi connectivity index (χ1) is 14.5. The molecule has 5 N–H and O–H groups in total. The number of nitrogens with one attached hydrogen (secondary N) is 2. The lowest BCUT2D eigenvalue weighted by Gasteiger charge is -2.30. The molecule has 1 saturated heterocycles. The summed E-state index contributed by atoms with van der Waals surface area (Å²) in [6.07, 6.45) is 4.18. The first kappa shape index (κ1) is 27.2. The van der Waals surface area contributed by atoms with E-state index in [-0.39, 0.29) is 23.7 Å². The molecule has 5 unspecified atom stereocenters. The molecule has 1 rings (SSSR count). The van der Waals surface area contributed by atoms with E-state index in [1.807, 2.05) is 20.1 Å². The van der Waals surface area contributed by atoms with Gasteiger partial charge in [0.2, 0.25) is 17.7 Å². The number of rotatable bonds is 12. The van der Waals surface area contributed by atoms with Crippen molar-refractivity contribution < 1.29 is 24.3 Å². The molecule has 0 aromatic heterocycles. The number of hydrogen-bond acceptors (Lipinski definition) is 6. The minimum atomic E-state index is -1.11. The van der Waals surface area contributed by atoms with Crippen molar-refractivity contribution in [1.29, 1.82) is 0 Å². The van der Waals surface area contributed by atoms with E-state index in [0.717, 1.165) is 6.42 Å². The molecule has 3 amide bonds. The number of carboxylic acids is 1. The van der Waals surface area contributed by atoms with Crippen LogP contribution >= 0.6 is 11.8 Å². The van der Waals surface area contributed by atoms with Gasteiger partial charge in [0.25, 0.3) is 0 Å². The van der Waals surface area contributed by atoms with Gasteiger partial charge in [-0.2, -0.15) is 11.8 Å². The Morgan fingerprint density at radius 1 is 1.19 bits per heavy atom. The molecule has 31 heavy (non-hydrogen) atoms. The van der Waals surface area contributed by atoms with Crippen molar-refractivity contribution in [3.63, 3.8) is 0 Å². The SMILES string of the molecule is CCC(C)C(N)C(=O)NC(CCSC)C(=O)N1CCCC1C(=O)NC(C(=O)O)C(C)C. The summed E-state index contributed by atoms with van der Waals surface area (Å²) in [6, 6.07) is -3.26. The van der Waals surface area contributed by atoms with Crippen molar-refractivity contribution in [2.45, 2.75) is 77.5 Å². The standard InChI is InChI=1S/C21H38N4O5S/c1-6-13(4)16(22)19(27)23-14(9-11-31-5)20(28)25-10-7-8-15(25)18(26)24-17(12(2)3)21(29)30/h12-17H,6-11,22H2,1-5H3,(H,23,27)(H,24,26)(H,29,30). The Hall–Kier alpha value is -1.81. The fourth-order valence-electron chi connectivity index (χ4n) is 3.54. The summed E-state index contributed by atoms with van der Waals surface area (Å²) in [6.45, 7) is 7.65. The van der Waals surface area contributed by atoms with E-state index in [0.29, 0.717) is 31.6 Å². The van der Waals surface area contributed by atoms with Gasteiger partial charge >= 0.3 is 5.97 Å². The molecule has 0 spiro atoms. The molecule has 0 saturated carbocycles. The number of aliphatic carboxylic acids is 1. The van der Waals surface area contributed by atoms with Gasteiger partial charge in [0.05, 0.1) is 6.04 Å². The molecule has 5 atom stereocenters. The van der Waals surface area contributed by atoms with E-state index in [2.05, 4.69) is 10.6 Å². The molecule has 0 bridgehead atoms. The van der Waals surface area contributed by atoms with Crippen molar-refractivity contribution in [2.75, 3.05) is 18.6 Å². The number of carbonyl (C=O) groups is 4. The second-order valence-corrected chi connectivity index (χ2v) is 9.50. The van der Waals surface area contributed by atoms with Gasteiger partial charge in [-0.25, -0.2) is 4.79 Å². The third-order valence-electron chi connectivity index (χ3n) is 5.85. The first-order valence-corrected chi connectivity index (χ1v) is 12.3. The van der Waals surface area contributed by atoms with E-state index < -0.39 is 36.0 Å². The van der Waals surface area contributed by atoms with Crippen LogP contribution in [0.4, 0.5) is 0 Å². The molecular formula is C21H38N4O5S. The van der Waals surface area contributed by atoms with Crippen molar-refractivity contribution in [3.05, 3.63) is 0 Å². The highest BCUT2D eigenvalue weighted by atomic mass is 32.2. The zero-order valence-corrected chi connectivity index (χ0v) is 20.0. The number of likely N-dealkylation sites (tertiary alicyclic amines) is 1. The molecule has 0 radical (unpaired) electrons. The number of thioether (sulfide) groups is 1. The Kier molecular flexibility index (Phi) is 11.3. The maximum absolute atomic E-state index is 13.3. The molecule has 10 heteroatoms. The molecule has 1 aliphatic rings. The Morgan fingerprint density at radius 3 is 2.35 bits per heavy atom.